The van der Waals surface area contributed by atoms with Gasteiger partial charge in [-0.05, 0) is 31.0 Å². The quantitative estimate of drug-likeness (QED) is 0.805. The molecule has 1 saturated carbocycles. The van der Waals surface area contributed by atoms with Gasteiger partial charge < -0.3 is 5.32 Å². The van der Waals surface area contributed by atoms with E-state index in [-0.39, 0.29) is 12.1 Å². The summed E-state index contributed by atoms with van der Waals surface area (Å²) in [7, 11) is 0. The van der Waals surface area contributed by atoms with Crippen molar-refractivity contribution in [2.45, 2.75) is 25.4 Å². The predicted octanol–water partition coefficient (Wildman–Crippen LogP) is 2.73. The lowest BCUT2D eigenvalue weighted by atomic mass is 10.2. The van der Waals surface area contributed by atoms with E-state index in [1.54, 1.807) is 12.3 Å². The number of hydrogen-bond acceptors (Lipinski definition) is 4. The van der Waals surface area contributed by atoms with E-state index in [1.807, 2.05) is 0 Å². The van der Waals surface area contributed by atoms with Crippen molar-refractivity contribution in [2.24, 2.45) is 0 Å². The smallest absolute Gasteiger partial charge is 0.156 e. The summed E-state index contributed by atoms with van der Waals surface area (Å²) in [5.74, 6) is -0.511. The molecule has 0 bridgehead atoms. The Labute approximate surface area is 125 Å². The first kappa shape index (κ1) is 13.1. The van der Waals surface area contributed by atoms with Crippen LogP contribution in [0, 0.1) is 11.6 Å². The van der Waals surface area contributed by atoms with Gasteiger partial charge in [0, 0.05) is 17.8 Å². The van der Waals surface area contributed by atoms with Gasteiger partial charge in [0.05, 0.1) is 12.1 Å². The molecule has 0 radical (unpaired) electrons. The van der Waals surface area contributed by atoms with Crippen molar-refractivity contribution in [3.05, 3.63) is 47.7 Å². The molecule has 1 aliphatic rings. The second-order valence-electron chi connectivity index (χ2n) is 5.39. The van der Waals surface area contributed by atoms with E-state index in [2.05, 4.69) is 20.6 Å². The summed E-state index contributed by atoms with van der Waals surface area (Å²) in [6, 6.07) is 5.99. The number of rotatable bonds is 4. The van der Waals surface area contributed by atoms with E-state index in [0.29, 0.717) is 22.9 Å². The Morgan fingerprint density at radius 2 is 1.95 bits per heavy atom. The van der Waals surface area contributed by atoms with Crippen molar-refractivity contribution in [1.82, 2.24) is 20.0 Å². The van der Waals surface area contributed by atoms with Gasteiger partial charge in [-0.25, -0.2) is 18.4 Å². The third-order valence-electron chi connectivity index (χ3n) is 3.72. The zero-order valence-corrected chi connectivity index (χ0v) is 11.6. The lowest BCUT2D eigenvalue weighted by Gasteiger charge is -2.06. The van der Waals surface area contributed by atoms with Crippen LogP contribution < -0.4 is 5.32 Å². The van der Waals surface area contributed by atoms with Crippen molar-refractivity contribution >= 4 is 16.9 Å². The van der Waals surface area contributed by atoms with Crippen LogP contribution in [-0.4, -0.2) is 26.0 Å². The van der Waals surface area contributed by atoms with Crippen LogP contribution >= 0.6 is 0 Å². The van der Waals surface area contributed by atoms with Gasteiger partial charge in [-0.1, -0.05) is 11.3 Å². The summed E-state index contributed by atoms with van der Waals surface area (Å²) in [6.45, 7) is -0.0120. The normalized spacial score (nSPS) is 14.5. The lowest BCUT2D eigenvalue weighted by Crippen LogP contribution is -2.07. The molecule has 2 heterocycles. The van der Waals surface area contributed by atoms with Crippen LogP contribution in [0.5, 0.6) is 0 Å². The lowest BCUT2D eigenvalue weighted by molar-refractivity contribution is 0.532. The number of hydrogen-bond donors (Lipinski definition) is 1. The Balaban J connectivity index is 1.73. The number of fused-ring (bicyclic) bond motifs is 1. The fourth-order valence-electron chi connectivity index (χ4n) is 2.37. The van der Waals surface area contributed by atoms with Gasteiger partial charge in [0.2, 0.25) is 0 Å². The van der Waals surface area contributed by atoms with Crippen molar-refractivity contribution in [2.75, 3.05) is 5.32 Å². The van der Waals surface area contributed by atoms with Crippen LogP contribution in [0.4, 0.5) is 14.6 Å². The molecule has 1 aromatic carbocycles. The molecule has 112 valence electrons. The second kappa shape index (κ2) is 5.01. The van der Waals surface area contributed by atoms with Crippen LogP contribution in [-0.2, 0) is 6.54 Å². The first-order chi connectivity index (χ1) is 10.7. The van der Waals surface area contributed by atoms with Crippen molar-refractivity contribution in [3.63, 3.8) is 0 Å². The average Bonchev–Trinajstić information content (AvgIpc) is 3.22. The molecule has 1 aliphatic carbocycles. The van der Waals surface area contributed by atoms with E-state index >= 15 is 0 Å². The molecule has 1 fully saturated rings. The Hall–Kier alpha value is -2.57. The highest BCUT2D eigenvalue weighted by Gasteiger charge is 2.23. The summed E-state index contributed by atoms with van der Waals surface area (Å²) in [4.78, 5) is 4.27. The monoisotopic (exact) mass is 301 g/mol. The highest BCUT2D eigenvalue weighted by atomic mass is 19.1. The standard InChI is InChI=1S/C15H13F2N5/c16-11-2-1-3-12(17)10(11)8-22-13-6-7-18-15(14(13)20-21-22)19-9-4-5-9/h1-3,6-7,9H,4-5,8H2,(H,18,19). The molecule has 0 unspecified atom stereocenters. The number of pyridine rings is 1. The fourth-order valence-corrected chi connectivity index (χ4v) is 2.37. The Morgan fingerprint density at radius 3 is 2.68 bits per heavy atom. The van der Waals surface area contributed by atoms with Crippen LogP contribution in [0.25, 0.3) is 11.0 Å². The molecule has 0 amide bonds. The summed E-state index contributed by atoms with van der Waals surface area (Å²) < 4.78 is 29.0. The van der Waals surface area contributed by atoms with E-state index in [0.717, 1.165) is 12.8 Å². The average molecular weight is 301 g/mol. The first-order valence-electron chi connectivity index (χ1n) is 7.10. The maximum atomic E-state index is 13.8. The van der Waals surface area contributed by atoms with Gasteiger partial charge in [-0.15, -0.1) is 5.10 Å². The van der Waals surface area contributed by atoms with E-state index < -0.39 is 11.6 Å². The maximum absolute atomic E-state index is 13.8. The number of halogens is 2. The number of nitrogens with zero attached hydrogens (tertiary/aromatic N) is 4. The molecule has 0 atom stereocenters. The first-order valence-corrected chi connectivity index (χ1v) is 7.10. The Kier molecular flexibility index (Phi) is 2.99. The highest BCUT2D eigenvalue weighted by molar-refractivity contribution is 5.85. The molecule has 3 aromatic rings. The van der Waals surface area contributed by atoms with Crippen molar-refractivity contribution in [3.8, 4) is 0 Å². The summed E-state index contributed by atoms with van der Waals surface area (Å²) >= 11 is 0. The SMILES string of the molecule is Fc1cccc(F)c1Cn1nnc2c(NC3CC3)nccc21. The third-order valence-corrected chi connectivity index (χ3v) is 3.72. The highest BCUT2D eigenvalue weighted by Crippen LogP contribution is 2.27. The fraction of sp³-hybridized carbons (Fsp3) is 0.267. The van der Waals surface area contributed by atoms with Crippen LogP contribution in [0.15, 0.2) is 30.5 Å². The molecule has 2 aromatic heterocycles. The van der Waals surface area contributed by atoms with Crippen LogP contribution in [0.1, 0.15) is 18.4 Å². The maximum Gasteiger partial charge on any atom is 0.156 e. The van der Waals surface area contributed by atoms with Crippen LogP contribution in [0.2, 0.25) is 0 Å². The van der Waals surface area contributed by atoms with E-state index in [1.165, 1.54) is 22.9 Å². The zero-order chi connectivity index (χ0) is 15.1. The van der Waals surface area contributed by atoms with Crippen molar-refractivity contribution < 1.29 is 8.78 Å². The number of nitrogens with one attached hydrogen (secondary N) is 1. The van der Waals surface area contributed by atoms with Gasteiger partial charge in [-0.2, -0.15) is 0 Å². The molecule has 0 aliphatic heterocycles. The zero-order valence-electron chi connectivity index (χ0n) is 11.6. The van der Waals surface area contributed by atoms with Gasteiger partial charge in [0.25, 0.3) is 0 Å². The molecule has 4 rings (SSSR count). The molecular formula is C15H13F2N5. The Morgan fingerprint density at radius 1 is 1.18 bits per heavy atom. The number of benzene rings is 1. The largest absolute Gasteiger partial charge is 0.365 e. The van der Waals surface area contributed by atoms with E-state index in [9.17, 15) is 8.78 Å². The minimum absolute atomic E-state index is 0.0120. The molecule has 22 heavy (non-hydrogen) atoms. The molecule has 5 nitrogen and oxygen atoms in total. The van der Waals surface area contributed by atoms with Gasteiger partial charge in [-0.3, -0.25) is 0 Å². The topological polar surface area (TPSA) is 55.6 Å². The molecule has 1 N–H and O–H groups in total. The molecule has 0 saturated heterocycles. The van der Waals surface area contributed by atoms with Gasteiger partial charge in [0.1, 0.15) is 11.6 Å². The van der Waals surface area contributed by atoms with Gasteiger partial charge >= 0.3 is 0 Å². The van der Waals surface area contributed by atoms with Crippen LogP contribution in [0.3, 0.4) is 0 Å². The second-order valence-corrected chi connectivity index (χ2v) is 5.39. The van der Waals surface area contributed by atoms with Crippen molar-refractivity contribution in [1.29, 1.82) is 0 Å². The molecule has 0 spiro atoms. The Bertz CT molecular complexity index is 821. The minimum Gasteiger partial charge on any atom is -0.365 e. The number of aromatic nitrogens is 4. The van der Waals surface area contributed by atoms with E-state index in [4.69, 9.17) is 0 Å². The number of anilines is 1. The minimum atomic E-state index is -0.589. The summed E-state index contributed by atoms with van der Waals surface area (Å²) in [5, 5.41) is 11.4. The predicted molar refractivity (Wildman–Crippen MR) is 77.4 cm³/mol. The van der Waals surface area contributed by atoms with Gasteiger partial charge in [0.15, 0.2) is 11.3 Å². The summed E-state index contributed by atoms with van der Waals surface area (Å²) in [6.07, 6.45) is 3.88. The summed E-state index contributed by atoms with van der Waals surface area (Å²) in [5.41, 5.74) is 1.29. The third kappa shape index (κ3) is 2.28. The molecular weight excluding hydrogens is 288 g/mol. The molecule has 7 heteroatoms.